The molecule has 1 amide bonds. The molecule has 1 aromatic heterocycles. The molecular weight excluding hydrogens is 251 g/mol. The topological polar surface area (TPSA) is 59.8 Å². The summed E-state index contributed by atoms with van der Waals surface area (Å²) in [5.74, 6) is -7.93. The van der Waals surface area contributed by atoms with Crippen LogP contribution in [-0.4, -0.2) is 32.8 Å². The van der Waals surface area contributed by atoms with E-state index in [2.05, 4.69) is 10.1 Å². The van der Waals surface area contributed by atoms with Crippen LogP contribution in [0.5, 0.6) is 0 Å². The van der Waals surface area contributed by atoms with Gasteiger partial charge in [0.15, 0.2) is 5.82 Å². The van der Waals surface area contributed by atoms with Crippen LogP contribution in [0.3, 0.4) is 0 Å². The molecule has 1 aromatic rings. The van der Waals surface area contributed by atoms with Crippen molar-refractivity contribution in [3.05, 3.63) is 12.2 Å². The lowest BCUT2D eigenvalue weighted by Crippen LogP contribution is -2.50. The van der Waals surface area contributed by atoms with E-state index in [9.17, 15) is 26.7 Å². The van der Waals surface area contributed by atoms with E-state index in [4.69, 9.17) is 0 Å². The Hall–Kier alpha value is -1.74. The van der Waals surface area contributed by atoms with Crippen LogP contribution in [0.15, 0.2) is 6.33 Å². The largest absolute Gasteiger partial charge is 0.463 e. The van der Waals surface area contributed by atoms with Crippen molar-refractivity contribution in [1.29, 1.82) is 0 Å². The second kappa shape index (κ2) is 4.26. The average Bonchev–Trinajstić information content (AvgIpc) is 2.58. The number of nitrogens with one attached hydrogen (secondary N) is 1. The van der Waals surface area contributed by atoms with E-state index in [0.717, 1.165) is 0 Å². The fourth-order valence-electron chi connectivity index (χ4n) is 0.864. The number of aromatic nitrogens is 3. The van der Waals surface area contributed by atoms with Gasteiger partial charge in [-0.1, -0.05) is 0 Å². The maximum Gasteiger partial charge on any atom is 0.463 e. The van der Waals surface area contributed by atoms with Gasteiger partial charge in [0.1, 0.15) is 6.33 Å². The van der Waals surface area contributed by atoms with Crippen LogP contribution < -0.4 is 5.32 Å². The molecule has 0 bridgehead atoms. The summed E-state index contributed by atoms with van der Waals surface area (Å²) >= 11 is 0. The molecule has 0 radical (unpaired) electrons. The Morgan fingerprint density at radius 3 is 2.41 bits per heavy atom. The second-order valence-corrected chi connectivity index (χ2v) is 3.09. The van der Waals surface area contributed by atoms with Gasteiger partial charge in [-0.25, -0.2) is 4.98 Å². The molecule has 1 rings (SSSR count). The number of carbonyl (C=O) groups is 1. The molecule has 0 unspecified atom stereocenters. The van der Waals surface area contributed by atoms with Crippen molar-refractivity contribution in [2.75, 3.05) is 0 Å². The van der Waals surface area contributed by atoms with Gasteiger partial charge in [0.05, 0.1) is 6.54 Å². The molecule has 0 spiro atoms. The first-order valence-corrected chi connectivity index (χ1v) is 4.22. The number of halogens is 5. The lowest BCUT2D eigenvalue weighted by Gasteiger charge is -2.18. The van der Waals surface area contributed by atoms with Gasteiger partial charge in [-0.15, -0.1) is 0 Å². The lowest BCUT2D eigenvalue weighted by atomic mass is 10.3. The molecular formula is C7H7F5N4O. The van der Waals surface area contributed by atoms with Crippen molar-refractivity contribution < 1.29 is 26.7 Å². The number of aryl methyl sites for hydroxylation is 1. The number of amides is 1. The molecule has 0 aliphatic heterocycles. The number of hydrogen-bond acceptors (Lipinski definition) is 3. The molecule has 0 saturated carbocycles. The highest BCUT2D eigenvalue weighted by Crippen LogP contribution is 2.35. The first kappa shape index (κ1) is 13.3. The van der Waals surface area contributed by atoms with E-state index in [1.807, 2.05) is 0 Å². The Bertz CT molecular complexity index is 413. The summed E-state index contributed by atoms with van der Waals surface area (Å²) in [6.07, 6.45) is -4.71. The Morgan fingerprint density at radius 1 is 1.41 bits per heavy atom. The average molecular weight is 258 g/mol. The number of rotatable bonds is 3. The second-order valence-electron chi connectivity index (χ2n) is 3.09. The molecule has 5 nitrogen and oxygen atoms in total. The summed E-state index contributed by atoms with van der Waals surface area (Å²) in [7, 11) is 1.47. The van der Waals surface area contributed by atoms with Gasteiger partial charge in [-0.05, 0) is 0 Å². The molecule has 1 heterocycles. The van der Waals surface area contributed by atoms with Crippen LogP contribution in [-0.2, 0) is 18.4 Å². The maximum absolute atomic E-state index is 12.4. The van der Waals surface area contributed by atoms with Gasteiger partial charge in [0.2, 0.25) is 0 Å². The standard InChI is InChI=1S/C7H7F5N4O/c1-16-3-14-4(15-16)2-13-5(17)6(8,9)7(10,11)12/h3H,2H2,1H3,(H,13,17). The molecule has 0 fully saturated rings. The van der Waals surface area contributed by atoms with E-state index in [1.54, 1.807) is 0 Å². The van der Waals surface area contributed by atoms with Crippen LogP contribution >= 0.6 is 0 Å². The van der Waals surface area contributed by atoms with Gasteiger partial charge in [0.25, 0.3) is 0 Å². The predicted molar refractivity (Wildman–Crippen MR) is 43.9 cm³/mol. The minimum atomic E-state index is -5.92. The highest BCUT2D eigenvalue weighted by atomic mass is 19.4. The summed E-state index contributed by atoms with van der Waals surface area (Å²) in [6.45, 7) is -0.606. The third-order valence-corrected chi connectivity index (χ3v) is 1.70. The van der Waals surface area contributed by atoms with Crippen molar-refractivity contribution in [3.8, 4) is 0 Å². The number of carbonyl (C=O) groups excluding carboxylic acids is 1. The van der Waals surface area contributed by atoms with E-state index in [-0.39, 0.29) is 5.82 Å². The third kappa shape index (κ3) is 2.88. The van der Waals surface area contributed by atoms with Crippen molar-refractivity contribution in [3.63, 3.8) is 0 Å². The molecule has 1 N–H and O–H groups in total. The van der Waals surface area contributed by atoms with Gasteiger partial charge < -0.3 is 5.32 Å². The van der Waals surface area contributed by atoms with Gasteiger partial charge in [-0.2, -0.15) is 27.1 Å². The summed E-state index contributed by atoms with van der Waals surface area (Å²) < 4.78 is 61.4. The Morgan fingerprint density at radius 2 is 2.00 bits per heavy atom. The maximum atomic E-state index is 12.4. The lowest BCUT2D eigenvalue weighted by molar-refractivity contribution is -0.269. The van der Waals surface area contributed by atoms with Crippen molar-refractivity contribution in [2.24, 2.45) is 7.05 Å². The van der Waals surface area contributed by atoms with Gasteiger partial charge in [-0.3, -0.25) is 9.48 Å². The normalized spacial score (nSPS) is 12.6. The van der Waals surface area contributed by atoms with Gasteiger partial charge >= 0.3 is 18.0 Å². The molecule has 10 heteroatoms. The monoisotopic (exact) mass is 258 g/mol. The Balaban J connectivity index is 2.61. The zero-order chi connectivity index (χ0) is 13.3. The van der Waals surface area contributed by atoms with Crippen LogP contribution in [0.2, 0.25) is 0 Å². The quantitative estimate of drug-likeness (QED) is 0.809. The van der Waals surface area contributed by atoms with E-state index in [0.29, 0.717) is 0 Å². The Kier molecular flexibility index (Phi) is 3.34. The first-order valence-electron chi connectivity index (χ1n) is 4.22. The Labute approximate surface area is 91.6 Å². The number of hydrogen-bond donors (Lipinski definition) is 1. The zero-order valence-electron chi connectivity index (χ0n) is 8.42. The van der Waals surface area contributed by atoms with Crippen LogP contribution in [0.4, 0.5) is 22.0 Å². The van der Waals surface area contributed by atoms with Gasteiger partial charge in [0, 0.05) is 7.05 Å². The van der Waals surface area contributed by atoms with E-state index in [1.165, 1.54) is 23.4 Å². The molecule has 0 saturated heterocycles. The van der Waals surface area contributed by atoms with Crippen LogP contribution in [0, 0.1) is 0 Å². The number of alkyl halides is 5. The molecule has 96 valence electrons. The van der Waals surface area contributed by atoms with E-state index >= 15 is 0 Å². The zero-order valence-corrected chi connectivity index (χ0v) is 8.42. The summed E-state index contributed by atoms with van der Waals surface area (Å²) in [6, 6.07) is 0. The highest BCUT2D eigenvalue weighted by molar-refractivity contribution is 5.84. The molecule has 0 aliphatic rings. The molecule has 0 aromatic carbocycles. The number of nitrogens with zero attached hydrogens (tertiary/aromatic N) is 3. The fourth-order valence-corrected chi connectivity index (χ4v) is 0.864. The summed E-state index contributed by atoms with van der Waals surface area (Å²) in [4.78, 5) is 14.2. The molecule has 0 atom stereocenters. The van der Waals surface area contributed by atoms with Crippen molar-refractivity contribution in [1.82, 2.24) is 20.1 Å². The fraction of sp³-hybridized carbons (Fsp3) is 0.571. The van der Waals surface area contributed by atoms with Crippen LogP contribution in [0.25, 0.3) is 0 Å². The first-order chi connectivity index (χ1) is 7.64. The van der Waals surface area contributed by atoms with Crippen molar-refractivity contribution in [2.45, 2.75) is 18.6 Å². The van der Waals surface area contributed by atoms with E-state index < -0.39 is 24.6 Å². The third-order valence-electron chi connectivity index (χ3n) is 1.70. The molecule has 0 aliphatic carbocycles. The summed E-state index contributed by atoms with van der Waals surface area (Å²) in [5, 5.41) is 5.00. The summed E-state index contributed by atoms with van der Waals surface area (Å²) in [5.41, 5.74) is 0. The highest BCUT2D eigenvalue weighted by Gasteiger charge is 2.63. The predicted octanol–water partition coefficient (Wildman–Crippen LogP) is 0.629. The minimum Gasteiger partial charge on any atom is -0.343 e. The SMILES string of the molecule is Cn1cnc(CNC(=O)C(F)(F)C(F)(F)F)n1. The molecule has 17 heavy (non-hydrogen) atoms. The van der Waals surface area contributed by atoms with Crippen molar-refractivity contribution >= 4 is 5.91 Å². The minimum absolute atomic E-state index is 0.0705. The van der Waals surface area contributed by atoms with Crippen LogP contribution in [0.1, 0.15) is 5.82 Å². The smallest absolute Gasteiger partial charge is 0.343 e.